The summed E-state index contributed by atoms with van der Waals surface area (Å²) >= 11 is 0. The Morgan fingerprint density at radius 2 is 1.82 bits per heavy atom. The Balaban J connectivity index is 1.26. The van der Waals surface area contributed by atoms with Gasteiger partial charge in [0.15, 0.2) is 5.79 Å². The molecule has 2 saturated heterocycles. The minimum Gasteiger partial charge on any atom is -0.462 e. The van der Waals surface area contributed by atoms with Crippen molar-refractivity contribution in [2.75, 3.05) is 6.61 Å². The zero-order valence-corrected chi connectivity index (χ0v) is 22.3. The standard InChI is InChI=1S/C30H46O4/c1-17-7-12-30(32-16-17)19(3)27-26(34-30)15-25-22-13-18(2)24-14-21(33-20(4)31)8-10-28(24,5)23(22)9-11-29(25,27)6/h17,19,21-23,25-27H,7-16H2,1-6H3/t17-,19-,21-,22+,23-,25-,26-,27-,28+,29-,30+/m0/s1. The average Bonchev–Trinajstić information content (AvgIpc) is 3.22. The molecule has 0 amide bonds. The number of rotatable bonds is 1. The maximum atomic E-state index is 11.6. The maximum Gasteiger partial charge on any atom is 0.302 e. The Morgan fingerprint density at radius 3 is 2.53 bits per heavy atom. The van der Waals surface area contributed by atoms with Crippen LogP contribution in [0.4, 0.5) is 0 Å². The van der Waals surface area contributed by atoms with E-state index in [9.17, 15) is 4.79 Å². The van der Waals surface area contributed by atoms with Crippen molar-refractivity contribution in [3.05, 3.63) is 11.1 Å². The topological polar surface area (TPSA) is 44.8 Å². The number of carbonyl (C=O) groups excluding carboxylic acids is 1. The molecule has 4 aliphatic carbocycles. The Kier molecular flexibility index (Phi) is 5.41. The second kappa shape index (κ2) is 7.81. The van der Waals surface area contributed by atoms with Gasteiger partial charge < -0.3 is 14.2 Å². The molecule has 3 saturated carbocycles. The van der Waals surface area contributed by atoms with Gasteiger partial charge in [-0.25, -0.2) is 0 Å². The molecule has 0 aromatic carbocycles. The van der Waals surface area contributed by atoms with Gasteiger partial charge in [0.05, 0.1) is 12.7 Å². The highest BCUT2D eigenvalue weighted by molar-refractivity contribution is 5.66. The Hall–Kier alpha value is -0.870. The first-order valence-electron chi connectivity index (χ1n) is 14.3. The summed E-state index contributed by atoms with van der Waals surface area (Å²) in [4.78, 5) is 11.6. The first kappa shape index (κ1) is 23.5. The van der Waals surface area contributed by atoms with Gasteiger partial charge in [-0.3, -0.25) is 4.79 Å². The van der Waals surface area contributed by atoms with E-state index in [0.29, 0.717) is 29.3 Å². The van der Waals surface area contributed by atoms with Crippen LogP contribution in [0.1, 0.15) is 99.3 Å². The van der Waals surface area contributed by atoms with Crippen LogP contribution in [0, 0.1) is 46.3 Å². The van der Waals surface area contributed by atoms with E-state index < -0.39 is 0 Å². The lowest BCUT2D eigenvalue weighted by molar-refractivity contribution is -0.272. The molecular formula is C30H46O4. The molecule has 2 heterocycles. The van der Waals surface area contributed by atoms with Gasteiger partial charge >= 0.3 is 5.97 Å². The van der Waals surface area contributed by atoms with E-state index in [1.165, 1.54) is 32.1 Å². The SMILES string of the molecule is CC(=O)O[C@H]1CC[C@@]2(C)C(=C(C)C[C@H]3[C@@H]4C[C@@H]5O[C@]6(CC[C@H](C)CO6)[C@@H](C)[C@@H]5[C@@]4(C)CC[C@@H]32)C1. The van der Waals surface area contributed by atoms with Crippen molar-refractivity contribution < 1.29 is 19.0 Å². The minimum absolute atomic E-state index is 0.0791. The van der Waals surface area contributed by atoms with Crippen LogP contribution in [-0.2, 0) is 19.0 Å². The van der Waals surface area contributed by atoms with Crippen LogP contribution in [0.2, 0.25) is 0 Å². The van der Waals surface area contributed by atoms with E-state index in [0.717, 1.165) is 50.0 Å². The number of allylic oxidation sites excluding steroid dienone is 1. The summed E-state index contributed by atoms with van der Waals surface area (Å²) in [7, 11) is 0. The molecule has 11 atom stereocenters. The van der Waals surface area contributed by atoms with E-state index in [2.05, 4.69) is 34.6 Å². The maximum absolute atomic E-state index is 11.6. The quantitative estimate of drug-likeness (QED) is 0.317. The third-order valence-electron chi connectivity index (χ3n) is 12.0. The molecule has 4 heteroatoms. The van der Waals surface area contributed by atoms with Crippen LogP contribution in [0.5, 0.6) is 0 Å². The summed E-state index contributed by atoms with van der Waals surface area (Å²) in [6.07, 6.45) is 11.0. The van der Waals surface area contributed by atoms with Crippen LogP contribution in [-0.4, -0.2) is 30.6 Å². The van der Waals surface area contributed by atoms with E-state index in [1.54, 1.807) is 18.1 Å². The summed E-state index contributed by atoms with van der Waals surface area (Å²) < 4.78 is 19.1. The zero-order valence-electron chi connectivity index (χ0n) is 22.3. The highest BCUT2D eigenvalue weighted by Gasteiger charge is 2.68. The molecule has 4 nitrogen and oxygen atoms in total. The molecule has 190 valence electrons. The Morgan fingerprint density at radius 1 is 1.03 bits per heavy atom. The van der Waals surface area contributed by atoms with Crippen LogP contribution in [0.25, 0.3) is 0 Å². The summed E-state index contributed by atoms with van der Waals surface area (Å²) in [5.74, 6) is 3.61. The van der Waals surface area contributed by atoms with Crippen molar-refractivity contribution in [1.82, 2.24) is 0 Å². The van der Waals surface area contributed by atoms with Gasteiger partial charge in [0.2, 0.25) is 0 Å². The predicted octanol–water partition coefficient (Wildman–Crippen LogP) is 6.67. The fourth-order valence-corrected chi connectivity index (χ4v) is 10.4. The normalized spacial score (nSPS) is 54.3. The van der Waals surface area contributed by atoms with Crippen molar-refractivity contribution in [2.45, 2.75) is 117 Å². The van der Waals surface area contributed by atoms with E-state index >= 15 is 0 Å². The molecule has 0 radical (unpaired) electrons. The van der Waals surface area contributed by atoms with E-state index in [4.69, 9.17) is 14.2 Å². The molecule has 0 aromatic heterocycles. The first-order valence-corrected chi connectivity index (χ1v) is 14.3. The van der Waals surface area contributed by atoms with E-state index in [1.807, 2.05) is 0 Å². The minimum atomic E-state index is -0.316. The van der Waals surface area contributed by atoms with E-state index in [-0.39, 0.29) is 23.3 Å². The second-order valence-corrected chi connectivity index (χ2v) is 13.7. The number of fused-ring (bicyclic) bond motifs is 7. The van der Waals surface area contributed by atoms with Crippen LogP contribution >= 0.6 is 0 Å². The Bertz CT molecular complexity index is 884. The van der Waals surface area contributed by atoms with Crippen molar-refractivity contribution in [3.63, 3.8) is 0 Å². The van der Waals surface area contributed by atoms with Gasteiger partial charge in [-0.1, -0.05) is 38.8 Å². The lowest BCUT2D eigenvalue weighted by Gasteiger charge is -2.59. The highest BCUT2D eigenvalue weighted by Crippen LogP contribution is 2.71. The summed E-state index contributed by atoms with van der Waals surface area (Å²) in [5, 5.41) is 0. The van der Waals surface area contributed by atoms with Gasteiger partial charge in [0, 0.05) is 25.7 Å². The lowest BCUT2D eigenvalue weighted by atomic mass is 9.46. The summed E-state index contributed by atoms with van der Waals surface area (Å²) in [6, 6.07) is 0. The van der Waals surface area contributed by atoms with Gasteiger partial charge in [-0.2, -0.15) is 0 Å². The van der Waals surface area contributed by atoms with Crippen LogP contribution < -0.4 is 0 Å². The molecule has 5 fully saturated rings. The second-order valence-electron chi connectivity index (χ2n) is 13.7. The summed E-state index contributed by atoms with van der Waals surface area (Å²) in [6.45, 7) is 14.7. The molecule has 6 aliphatic rings. The van der Waals surface area contributed by atoms with Crippen LogP contribution in [0.15, 0.2) is 11.1 Å². The molecule has 1 spiro atoms. The molecule has 6 rings (SSSR count). The molecule has 0 unspecified atom stereocenters. The van der Waals surface area contributed by atoms with Crippen molar-refractivity contribution in [1.29, 1.82) is 0 Å². The predicted molar refractivity (Wildman–Crippen MR) is 132 cm³/mol. The van der Waals surface area contributed by atoms with Gasteiger partial charge in [-0.15, -0.1) is 0 Å². The Labute approximate surface area is 206 Å². The fourth-order valence-electron chi connectivity index (χ4n) is 10.4. The third kappa shape index (κ3) is 3.19. The number of hydrogen-bond donors (Lipinski definition) is 0. The first-order chi connectivity index (χ1) is 16.1. The smallest absolute Gasteiger partial charge is 0.302 e. The average molecular weight is 471 g/mol. The molecule has 0 bridgehead atoms. The number of ether oxygens (including phenoxy) is 3. The molecule has 0 aromatic rings. The largest absolute Gasteiger partial charge is 0.462 e. The third-order valence-corrected chi connectivity index (χ3v) is 12.0. The number of hydrogen-bond acceptors (Lipinski definition) is 4. The summed E-state index contributed by atoms with van der Waals surface area (Å²) in [5.41, 5.74) is 3.86. The molecule has 2 aliphatic heterocycles. The zero-order chi connectivity index (χ0) is 24.0. The van der Waals surface area contributed by atoms with Gasteiger partial charge in [-0.05, 0) is 92.3 Å². The monoisotopic (exact) mass is 470 g/mol. The highest BCUT2D eigenvalue weighted by atomic mass is 16.7. The molecular weight excluding hydrogens is 424 g/mol. The van der Waals surface area contributed by atoms with Crippen molar-refractivity contribution >= 4 is 5.97 Å². The fraction of sp³-hybridized carbons (Fsp3) is 0.900. The number of esters is 1. The van der Waals surface area contributed by atoms with Crippen molar-refractivity contribution in [3.8, 4) is 0 Å². The lowest BCUT2D eigenvalue weighted by Crippen LogP contribution is -2.53. The van der Waals surface area contributed by atoms with Crippen molar-refractivity contribution in [2.24, 2.45) is 46.3 Å². The number of carbonyl (C=O) groups is 1. The van der Waals surface area contributed by atoms with Gasteiger partial charge in [0.25, 0.3) is 0 Å². The molecule has 0 N–H and O–H groups in total. The molecule has 34 heavy (non-hydrogen) atoms. The van der Waals surface area contributed by atoms with Crippen LogP contribution in [0.3, 0.4) is 0 Å². The van der Waals surface area contributed by atoms with Gasteiger partial charge in [0.1, 0.15) is 6.10 Å².